The molecule has 1 saturated heterocycles. The van der Waals surface area contributed by atoms with Crippen LogP contribution in [-0.2, 0) is 17.6 Å². The highest BCUT2D eigenvalue weighted by molar-refractivity contribution is 5.94. The molecule has 1 aliphatic heterocycles. The van der Waals surface area contributed by atoms with E-state index in [0.29, 0.717) is 18.2 Å². The van der Waals surface area contributed by atoms with E-state index >= 15 is 0 Å². The van der Waals surface area contributed by atoms with Gasteiger partial charge in [0.25, 0.3) is 5.91 Å². The number of amides is 1. The smallest absolute Gasteiger partial charge is 0.272 e. The van der Waals surface area contributed by atoms with Crippen LogP contribution in [0.3, 0.4) is 0 Å². The lowest BCUT2D eigenvalue weighted by atomic mass is 9.87. The zero-order valence-electron chi connectivity index (χ0n) is 11.4. The molecule has 5 nitrogen and oxygen atoms in total. The minimum absolute atomic E-state index is 0.0675. The van der Waals surface area contributed by atoms with Crippen molar-refractivity contribution in [3.63, 3.8) is 0 Å². The van der Waals surface area contributed by atoms with Gasteiger partial charge in [-0.05, 0) is 38.0 Å². The third-order valence-electron chi connectivity index (χ3n) is 4.12. The molecule has 104 valence electrons. The van der Waals surface area contributed by atoms with Gasteiger partial charge in [-0.15, -0.1) is 0 Å². The molecule has 0 radical (unpaired) electrons. The van der Waals surface area contributed by atoms with Gasteiger partial charge < -0.3 is 10.1 Å². The molecule has 19 heavy (non-hydrogen) atoms. The highest BCUT2D eigenvalue weighted by Gasteiger charge is 2.25. The number of fused-ring (bicyclic) bond motifs is 1. The highest BCUT2D eigenvalue weighted by Crippen LogP contribution is 2.26. The number of ether oxygens (including phenoxy) is 1. The van der Waals surface area contributed by atoms with Crippen molar-refractivity contribution in [3.8, 4) is 0 Å². The van der Waals surface area contributed by atoms with Gasteiger partial charge in [0.05, 0.1) is 6.10 Å². The molecule has 3 rings (SSSR count). The second kappa shape index (κ2) is 5.33. The van der Waals surface area contributed by atoms with Crippen LogP contribution in [0.4, 0.5) is 0 Å². The van der Waals surface area contributed by atoms with Crippen molar-refractivity contribution in [2.45, 2.75) is 45.1 Å². The van der Waals surface area contributed by atoms with Crippen molar-refractivity contribution in [1.29, 1.82) is 0 Å². The van der Waals surface area contributed by atoms with Gasteiger partial charge in [0, 0.05) is 24.4 Å². The van der Waals surface area contributed by atoms with Crippen molar-refractivity contribution in [2.24, 2.45) is 5.92 Å². The van der Waals surface area contributed by atoms with Gasteiger partial charge in [0.2, 0.25) is 0 Å². The Bertz CT molecular complexity index is 463. The molecule has 1 aliphatic carbocycles. The highest BCUT2D eigenvalue weighted by atomic mass is 16.5. The normalized spacial score (nSPS) is 26.2. The first kappa shape index (κ1) is 12.7. The Kier molecular flexibility index (Phi) is 3.55. The molecule has 1 aromatic heterocycles. The molecule has 2 atom stereocenters. The van der Waals surface area contributed by atoms with E-state index in [2.05, 4.69) is 22.4 Å². The second-order valence-electron chi connectivity index (χ2n) is 5.72. The fourth-order valence-corrected chi connectivity index (χ4v) is 2.95. The fourth-order valence-electron chi connectivity index (χ4n) is 2.95. The molecule has 5 heteroatoms. The van der Waals surface area contributed by atoms with E-state index in [4.69, 9.17) is 4.74 Å². The summed E-state index contributed by atoms with van der Waals surface area (Å²) in [6.45, 7) is 3.63. The van der Waals surface area contributed by atoms with Gasteiger partial charge in [-0.2, -0.15) is 5.10 Å². The van der Waals surface area contributed by atoms with Crippen LogP contribution in [0, 0.1) is 5.92 Å². The monoisotopic (exact) mass is 263 g/mol. The maximum atomic E-state index is 12.2. The van der Waals surface area contributed by atoms with Gasteiger partial charge in [-0.1, -0.05) is 6.92 Å². The van der Waals surface area contributed by atoms with Gasteiger partial charge in [0.1, 0.15) is 0 Å². The van der Waals surface area contributed by atoms with E-state index in [1.54, 1.807) is 0 Å². The van der Waals surface area contributed by atoms with Crippen LogP contribution in [0.25, 0.3) is 0 Å². The van der Waals surface area contributed by atoms with Crippen LogP contribution in [0.2, 0.25) is 0 Å². The predicted octanol–water partition coefficient (Wildman–Crippen LogP) is 1.44. The summed E-state index contributed by atoms with van der Waals surface area (Å²) in [4.78, 5) is 12.2. The number of nitrogens with one attached hydrogen (secondary N) is 2. The molecule has 0 aromatic carbocycles. The van der Waals surface area contributed by atoms with Crippen molar-refractivity contribution in [2.75, 3.05) is 13.2 Å². The number of aromatic amines is 1. The molecule has 0 bridgehead atoms. The van der Waals surface area contributed by atoms with Crippen LogP contribution in [0.5, 0.6) is 0 Å². The number of nitrogens with zero attached hydrogens (tertiary/aromatic N) is 1. The average molecular weight is 263 g/mol. The summed E-state index contributed by atoms with van der Waals surface area (Å²) in [6, 6.07) is 0. The van der Waals surface area contributed by atoms with Crippen molar-refractivity contribution < 1.29 is 9.53 Å². The molecule has 1 amide bonds. The lowest BCUT2D eigenvalue weighted by molar-refractivity contribution is 0.0852. The van der Waals surface area contributed by atoms with Gasteiger partial charge >= 0.3 is 0 Å². The zero-order chi connectivity index (χ0) is 13.2. The second-order valence-corrected chi connectivity index (χ2v) is 5.72. The number of hydrogen-bond donors (Lipinski definition) is 2. The minimum Gasteiger partial charge on any atom is -0.376 e. The SMILES string of the molecule is CC1CCc2[nH]nc(C(=O)NCC3CCCO3)c2C1. The van der Waals surface area contributed by atoms with Crippen molar-refractivity contribution in [3.05, 3.63) is 17.0 Å². The topological polar surface area (TPSA) is 67.0 Å². The quantitative estimate of drug-likeness (QED) is 0.867. The van der Waals surface area contributed by atoms with Crippen molar-refractivity contribution >= 4 is 5.91 Å². The first-order valence-electron chi connectivity index (χ1n) is 7.20. The van der Waals surface area contributed by atoms with Crippen LogP contribution in [-0.4, -0.2) is 35.4 Å². The maximum Gasteiger partial charge on any atom is 0.272 e. The number of hydrogen-bond acceptors (Lipinski definition) is 3. The molecule has 2 aliphatic rings. The molecule has 2 heterocycles. The molecular formula is C14H21N3O2. The molecule has 0 saturated carbocycles. The standard InChI is InChI=1S/C14H21N3O2/c1-9-4-5-12-11(7-9)13(17-16-12)14(18)15-8-10-3-2-6-19-10/h9-10H,2-8H2,1H3,(H,15,18)(H,16,17). The Morgan fingerprint density at radius 1 is 1.53 bits per heavy atom. The predicted molar refractivity (Wildman–Crippen MR) is 71.1 cm³/mol. The molecule has 1 fully saturated rings. The number of aryl methyl sites for hydroxylation is 1. The van der Waals surface area contributed by atoms with Crippen LogP contribution < -0.4 is 5.32 Å². The first-order valence-corrected chi connectivity index (χ1v) is 7.20. The maximum absolute atomic E-state index is 12.2. The Hall–Kier alpha value is -1.36. The number of carbonyl (C=O) groups is 1. The van der Waals surface area contributed by atoms with Gasteiger partial charge in [-0.3, -0.25) is 9.89 Å². The summed E-state index contributed by atoms with van der Waals surface area (Å²) in [6.07, 6.45) is 5.44. The Morgan fingerprint density at radius 3 is 3.21 bits per heavy atom. The number of carbonyl (C=O) groups excluding carboxylic acids is 1. The van der Waals surface area contributed by atoms with Crippen LogP contribution >= 0.6 is 0 Å². The fraction of sp³-hybridized carbons (Fsp3) is 0.714. The van der Waals surface area contributed by atoms with Crippen LogP contribution in [0.15, 0.2) is 0 Å². The third-order valence-corrected chi connectivity index (χ3v) is 4.12. The number of aromatic nitrogens is 2. The Balaban J connectivity index is 1.64. The summed E-state index contributed by atoms with van der Waals surface area (Å²) in [5.74, 6) is 0.567. The van der Waals surface area contributed by atoms with E-state index in [1.165, 1.54) is 6.42 Å². The van der Waals surface area contributed by atoms with E-state index in [1.807, 2.05) is 0 Å². The van der Waals surface area contributed by atoms with Gasteiger partial charge in [0.15, 0.2) is 5.69 Å². The largest absolute Gasteiger partial charge is 0.376 e. The summed E-state index contributed by atoms with van der Waals surface area (Å²) in [7, 11) is 0. The summed E-state index contributed by atoms with van der Waals surface area (Å²) in [5.41, 5.74) is 2.84. The summed E-state index contributed by atoms with van der Waals surface area (Å²) < 4.78 is 5.51. The molecule has 0 spiro atoms. The number of H-pyrrole nitrogens is 1. The van der Waals surface area contributed by atoms with Crippen molar-refractivity contribution in [1.82, 2.24) is 15.5 Å². The lowest BCUT2D eigenvalue weighted by Gasteiger charge is -2.18. The zero-order valence-corrected chi connectivity index (χ0v) is 11.4. The lowest BCUT2D eigenvalue weighted by Crippen LogP contribution is -2.32. The Morgan fingerprint density at radius 2 is 2.42 bits per heavy atom. The first-order chi connectivity index (χ1) is 9.24. The van der Waals surface area contributed by atoms with E-state index < -0.39 is 0 Å². The van der Waals surface area contributed by atoms with E-state index in [-0.39, 0.29) is 12.0 Å². The van der Waals surface area contributed by atoms with Gasteiger partial charge in [-0.25, -0.2) is 0 Å². The molecule has 2 N–H and O–H groups in total. The van der Waals surface area contributed by atoms with E-state index in [0.717, 1.165) is 43.5 Å². The van der Waals surface area contributed by atoms with E-state index in [9.17, 15) is 4.79 Å². The number of rotatable bonds is 3. The summed E-state index contributed by atoms with van der Waals surface area (Å²) in [5, 5.41) is 10.2. The summed E-state index contributed by atoms with van der Waals surface area (Å²) >= 11 is 0. The minimum atomic E-state index is -0.0675. The molecule has 2 unspecified atom stereocenters. The Labute approximate surface area is 113 Å². The van der Waals surface area contributed by atoms with Crippen LogP contribution in [0.1, 0.15) is 47.9 Å². The molecular weight excluding hydrogens is 242 g/mol. The molecule has 1 aromatic rings. The average Bonchev–Trinajstić information content (AvgIpc) is 3.04. The third kappa shape index (κ3) is 2.66.